The summed E-state index contributed by atoms with van der Waals surface area (Å²) in [5.74, 6) is -1.05. The smallest absolute Gasteiger partial charge is 0.254 e. The summed E-state index contributed by atoms with van der Waals surface area (Å²) in [5.41, 5.74) is 2.32. The van der Waals surface area contributed by atoms with Gasteiger partial charge in [0.2, 0.25) is 11.9 Å². The summed E-state index contributed by atoms with van der Waals surface area (Å²) in [7, 11) is 0. The molecule has 1 aromatic heterocycles. The lowest BCUT2D eigenvalue weighted by molar-refractivity contribution is -0.117. The van der Waals surface area contributed by atoms with E-state index in [2.05, 4.69) is 10.3 Å². The van der Waals surface area contributed by atoms with Crippen LogP contribution in [-0.2, 0) is 4.79 Å². The van der Waals surface area contributed by atoms with E-state index in [0.29, 0.717) is 22.0 Å². The van der Waals surface area contributed by atoms with Crippen LogP contribution in [0.1, 0.15) is 24.2 Å². The molecule has 3 aromatic carbocycles. The first-order chi connectivity index (χ1) is 17.2. The molecule has 0 atom stereocenters. The van der Waals surface area contributed by atoms with Crippen molar-refractivity contribution in [2.75, 3.05) is 11.9 Å². The molecule has 4 aromatic rings. The molecule has 0 aliphatic carbocycles. The molecule has 36 heavy (non-hydrogen) atoms. The summed E-state index contributed by atoms with van der Waals surface area (Å²) in [6, 6.07) is 19.9. The molecule has 0 saturated carbocycles. The van der Waals surface area contributed by atoms with Crippen LogP contribution >= 0.6 is 23.2 Å². The Morgan fingerprint density at radius 1 is 1.03 bits per heavy atom. The van der Waals surface area contributed by atoms with Gasteiger partial charge in [-0.1, -0.05) is 53.5 Å². The molecule has 2 amide bonds. The minimum Gasteiger partial charge on any atom is -0.327 e. The summed E-state index contributed by atoms with van der Waals surface area (Å²) in [6.07, 6.45) is 1.71. The van der Waals surface area contributed by atoms with Gasteiger partial charge in [0.15, 0.2) is 0 Å². The van der Waals surface area contributed by atoms with Gasteiger partial charge in [-0.2, -0.15) is 0 Å². The summed E-state index contributed by atoms with van der Waals surface area (Å²) in [4.78, 5) is 32.2. The predicted molar refractivity (Wildman–Crippen MR) is 140 cm³/mol. The molecule has 0 saturated heterocycles. The lowest BCUT2D eigenvalue weighted by Gasteiger charge is -2.26. The zero-order chi connectivity index (χ0) is 25.8. The number of nitrogens with zero attached hydrogens (tertiary/aromatic N) is 3. The number of nitrogens with one attached hydrogen (secondary N) is 1. The standard InChI is InChI=1S/C27H23Cl2FN4O2/c1-17(2)33(26(36)19-6-4-3-5-7-19)16-25(35)32-27-31-24(18-8-10-20(28)11-9-18)15-34(27)21-12-13-23(30)22(29)14-21/h3-15,17H,16H2,1-2H3,(H,31,32,35). The van der Waals surface area contributed by atoms with Crippen LogP contribution in [0.3, 0.4) is 0 Å². The quantitative estimate of drug-likeness (QED) is 0.301. The van der Waals surface area contributed by atoms with E-state index in [1.807, 2.05) is 19.9 Å². The first-order valence-electron chi connectivity index (χ1n) is 11.2. The number of anilines is 1. The van der Waals surface area contributed by atoms with Gasteiger partial charge in [0.1, 0.15) is 12.4 Å². The van der Waals surface area contributed by atoms with E-state index in [0.717, 1.165) is 5.56 Å². The molecule has 0 radical (unpaired) electrons. The zero-order valence-corrected chi connectivity index (χ0v) is 21.1. The fraction of sp³-hybridized carbons (Fsp3) is 0.148. The van der Waals surface area contributed by atoms with E-state index in [1.165, 1.54) is 23.1 Å². The van der Waals surface area contributed by atoms with Gasteiger partial charge in [0.25, 0.3) is 5.91 Å². The third-order valence-corrected chi connectivity index (χ3v) is 6.04. The molecule has 4 rings (SSSR count). The fourth-order valence-electron chi connectivity index (χ4n) is 3.61. The number of benzene rings is 3. The molecule has 0 aliphatic rings. The molecule has 184 valence electrons. The Hall–Kier alpha value is -3.68. The lowest BCUT2D eigenvalue weighted by atomic mass is 10.1. The second-order valence-electron chi connectivity index (χ2n) is 8.37. The van der Waals surface area contributed by atoms with Crippen LogP contribution in [0.5, 0.6) is 0 Å². The van der Waals surface area contributed by atoms with Crippen LogP contribution in [0, 0.1) is 5.82 Å². The summed E-state index contributed by atoms with van der Waals surface area (Å²) < 4.78 is 15.4. The first kappa shape index (κ1) is 25.4. The Kier molecular flexibility index (Phi) is 7.72. The number of imidazole rings is 1. The number of carbonyl (C=O) groups is 2. The van der Waals surface area contributed by atoms with Crippen LogP contribution < -0.4 is 5.32 Å². The Labute approximate surface area is 218 Å². The Bertz CT molecular complexity index is 1390. The molecular formula is C27H23Cl2FN4O2. The molecule has 0 unspecified atom stereocenters. The van der Waals surface area contributed by atoms with E-state index < -0.39 is 11.7 Å². The van der Waals surface area contributed by atoms with Gasteiger partial charge in [-0.25, -0.2) is 9.37 Å². The minimum absolute atomic E-state index is 0.0639. The SMILES string of the molecule is CC(C)N(CC(=O)Nc1nc(-c2ccc(Cl)cc2)cn1-c1ccc(F)c(Cl)c1)C(=O)c1ccccc1. The second kappa shape index (κ2) is 10.9. The molecule has 0 spiro atoms. The van der Waals surface area contributed by atoms with Crippen molar-refractivity contribution in [3.05, 3.63) is 100 Å². The van der Waals surface area contributed by atoms with Crippen LogP contribution in [0.15, 0.2) is 79.0 Å². The number of rotatable bonds is 7. The summed E-state index contributed by atoms with van der Waals surface area (Å²) in [6.45, 7) is 3.50. The zero-order valence-electron chi connectivity index (χ0n) is 19.6. The van der Waals surface area contributed by atoms with Crippen molar-refractivity contribution < 1.29 is 14.0 Å². The van der Waals surface area contributed by atoms with E-state index in [4.69, 9.17) is 23.2 Å². The van der Waals surface area contributed by atoms with Gasteiger partial charge in [0, 0.05) is 28.4 Å². The minimum atomic E-state index is -0.559. The van der Waals surface area contributed by atoms with Gasteiger partial charge in [-0.05, 0) is 56.3 Å². The van der Waals surface area contributed by atoms with Crippen molar-refractivity contribution in [3.63, 3.8) is 0 Å². The van der Waals surface area contributed by atoms with Gasteiger partial charge < -0.3 is 4.90 Å². The number of hydrogen-bond donors (Lipinski definition) is 1. The van der Waals surface area contributed by atoms with Gasteiger partial charge in [-0.15, -0.1) is 0 Å². The van der Waals surface area contributed by atoms with Crippen molar-refractivity contribution >= 4 is 41.0 Å². The van der Waals surface area contributed by atoms with Crippen molar-refractivity contribution in [1.29, 1.82) is 0 Å². The van der Waals surface area contributed by atoms with E-state index in [-0.39, 0.29) is 29.5 Å². The Morgan fingerprint density at radius 2 is 1.72 bits per heavy atom. The third kappa shape index (κ3) is 5.75. The maximum Gasteiger partial charge on any atom is 0.254 e. The van der Waals surface area contributed by atoms with Crippen LogP contribution in [0.4, 0.5) is 10.3 Å². The van der Waals surface area contributed by atoms with Crippen molar-refractivity contribution in [2.45, 2.75) is 19.9 Å². The first-order valence-corrected chi connectivity index (χ1v) is 11.9. The molecule has 1 heterocycles. The topological polar surface area (TPSA) is 67.2 Å². The summed E-state index contributed by atoms with van der Waals surface area (Å²) in [5, 5.41) is 3.31. The van der Waals surface area contributed by atoms with E-state index in [9.17, 15) is 14.0 Å². The highest BCUT2D eigenvalue weighted by Crippen LogP contribution is 2.27. The maximum absolute atomic E-state index is 13.8. The monoisotopic (exact) mass is 524 g/mol. The van der Waals surface area contributed by atoms with Crippen LogP contribution in [-0.4, -0.2) is 38.9 Å². The molecule has 0 bridgehead atoms. The number of carbonyl (C=O) groups excluding carboxylic acids is 2. The molecule has 6 nitrogen and oxygen atoms in total. The predicted octanol–water partition coefficient (Wildman–Crippen LogP) is 6.47. The van der Waals surface area contributed by atoms with Crippen molar-refractivity contribution in [3.8, 4) is 16.9 Å². The van der Waals surface area contributed by atoms with Gasteiger partial charge >= 0.3 is 0 Å². The van der Waals surface area contributed by atoms with Gasteiger partial charge in [0.05, 0.1) is 16.4 Å². The Morgan fingerprint density at radius 3 is 2.36 bits per heavy atom. The third-order valence-electron chi connectivity index (χ3n) is 5.50. The largest absolute Gasteiger partial charge is 0.327 e. The lowest BCUT2D eigenvalue weighted by Crippen LogP contribution is -2.42. The van der Waals surface area contributed by atoms with Gasteiger partial charge in [-0.3, -0.25) is 19.5 Å². The highest BCUT2D eigenvalue weighted by Gasteiger charge is 2.23. The molecule has 0 aliphatic heterocycles. The average Bonchev–Trinajstić information content (AvgIpc) is 3.28. The molecule has 9 heteroatoms. The highest BCUT2D eigenvalue weighted by molar-refractivity contribution is 6.31. The van der Waals surface area contributed by atoms with Crippen molar-refractivity contribution in [1.82, 2.24) is 14.5 Å². The number of hydrogen-bond acceptors (Lipinski definition) is 3. The number of aromatic nitrogens is 2. The summed E-state index contributed by atoms with van der Waals surface area (Å²) >= 11 is 12.0. The Balaban J connectivity index is 1.65. The van der Waals surface area contributed by atoms with E-state index >= 15 is 0 Å². The van der Waals surface area contributed by atoms with E-state index in [1.54, 1.807) is 59.3 Å². The second-order valence-corrected chi connectivity index (χ2v) is 9.21. The van der Waals surface area contributed by atoms with Crippen LogP contribution in [0.2, 0.25) is 10.0 Å². The maximum atomic E-state index is 13.8. The van der Waals surface area contributed by atoms with Crippen LogP contribution in [0.25, 0.3) is 16.9 Å². The normalized spacial score (nSPS) is 10.9. The molecular weight excluding hydrogens is 502 g/mol. The highest BCUT2D eigenvalue weighted by atomic mass is 35.5. The molecule has 1 N–H and O–H groups in total. The number of halogens is 3. The fourth-order valence-corrected chi connectivity index (χ4v) is 3.92. The average molecular weight is 525 g/mol. The van der Waals surface area contributed by atoms with Crippen molar-refractivity contribution in [2.24, 2.45) is 0 Å². The molecule has 0 fully saturated rings. The number of amides is 2.